The predicted octanol–water partition coefficient (Wildman–Crippen LogP) is 9.97. The molecule has 6 aromatic carbocycles. The summed E-state index contributed by atoms with van der Waals surface area (Å²) in [6, 6.07) is 48.6. The van der Waals surface area contributed by atoms with Crippen LogP contribution in [0.1, 0.15) is 37.0 Å². The Morgan fingerprint density at radius 3 is 2.29 bits per heavy atom. The Hall–Kier alpha value is -5.45. The third-order valence-electron chi connectivity index (χ3n) is 10.4. The molecule has 0 fully saturated rings. The molecule has 0 saturated heterocycles. The van der Waals surface area contributed by atoms with E-state index >= 15 is 0 Å². The highest BCUT2D eigenvalue weighted by atomic mass is 32.1. The van der Waals surface area contributed by atoms with Gasteiger partial charge >= 0.3 is 0 Å². The fourth-order valence-electron chi connectivity index (χ4n) is 7.97. The average molecular weight is 637 g/mol. The van der Waals surface area contributed by atoms with E-state index in [1.807, 2.05) is 11.3 Å². The number of hydrogen-bond acceptors (Lipinski definition) is 4. The molecule has 0 saturated carbocycles. The summed E-state index contributed by atoms with van der Waals surface area (Å²) in [4.78, 5) is 7.40. The molecule has 3 aliphatic rings. The van der Waals surface area contributed by atoms with Crippen molar-refractivity contribution in [2.45, 2.75) is 31.7 Å². The SMILES string of the molecule is CC1(C)c2ccccc2-c2cc(N(c3ccc(C4=NC5CC=c6ccccc6=C5O4)cc3)c3ccc4sc5ccccc5c4c3)ccc21. The molecule has 0 spiro atoms. The Morgan fingerprint density at radius 2 is 1.38 bits per heavy atom. The van der Waals surface area contributed by atoms with Crippen LogP contribution in [0.25, 0.3) is 43.1 Å². The predicted molar refractivity (Wildman–Crippen MR) is 201 cm³/mol. The molecule has 10 rings (SSSR count). The molecule has 1 aliphatic heterocycles. The van der Waals surface area contributed by atoms with Crippen molar-refractivity contribution < 1.29 is 4.74 Å². The molecule has 1 atom stereocenters. The molecule has 0 amide bonds. The summed E-state index contributed by atoms with van der Waals surface area (Å²) >= 11 is 1.85. The maximum absolute atomic E-state index is 6.47. The first-order chi connectivity index (χ1) is 23.5. The highest BCUT2D eigenvalue weighted by Crippen LogP contribution is 2.51. The largest absolute Gasteiger partial charge is 0.440 e. The van der Waals surface area contributed by atoms with Gasteiger partial charge in [0.25, 0.3) is 0 Å². The summed E-state index contributed by atoms with van der Waals surface area (Å²) < 4.78 is 9.08. The Morgan fingerprint density at radius 1 is 0.667 bits per heavy atom. The molecule has 0 bridgehead atoms. The molecular weight excluding hydrogens is 605 g/mol. The van der Waals surface area contributed by atoms with Gasteiger partial charge in [-0.05, 0) is 94.6 Å². The Kier molecular flexibility index (Phi) is 5.92. The van der Waals surface area contributed by atoms with E-state index in [2.05, 4.69) is 158 Å². The minimum absolute atomic E-state index is 0.0387. The molecule has 1 aromatic heterocycles. The maximum Gasteiger partial charge on any atom is 0.222 e. The van der Waals surface area contributed by atoms with Crippen LogP contribution in [0.2, 0.25) is 0 Å². The zero-order valence-corrected chi connectivity index (χ0v) is 27.6. The average Bonchev–Trinajstić information content (AvgIpc) is 3.80. The third kappa shape index (κ3) is 4.09. The van der Waals surface area contributed by atoms with Gasteiger partial charge in [-0.15, -0.1) is 11.3 Å². The van der Waals surface area contributed by atoms with Crippen LogP contribution < -0.4 is 15.3 Å². The minimum Gasteiger partial charge on any atom is -0.440 e. The van der Waals surface area contributed by atoms with Crippen molar-refractivity contribution in [3.8, 4) is 11.1 Å². The van der Waals surface area contributed by atoms with E-state index in [4.69, 9.17) is 9.73 Å². The van der Waals surface area contributed by atoms with E-state index in [0.29, 0.717) is 5.90 Å². The summed E-state index contributed by atoms with van der Waals surface area (Å²) in [5.41, 5.74) is 9.69. The molecule has 2 aliphatic carbocycles. The van der Waals surface area contributed by atoms with Gasteiger partial charge in [0, 0.05) is 53.4 Å². The van der Waals surface area contributed by atoms with Gasteiger partial charge in [0.05, 0.1) is 0 Å². The summed E-state index contributed by atoms with van der Waals surface area (Å²) in [7, 11) is 0. The van der Waals surface area contributed by atoms with Crippen molar-refractivity contribution in [3.05, 3.63) is 161 Å². The van der Waals surface area contributed by atoms with Gasteiger partial charge in [0.15, 0.2) is 0 Å². The van der Waals surface area contributed by atoms with Gasteiger partial charge in [-0.2, -0.15) is 0 Å². The first-order valence-corrected chi connectivity index (χ1v) is 17.5. The maximum atomic E-state index is 6.47. The van der Waals surface area contributed by atoms with E-state index in [-0.39, 0.29) is 11.5 Å². The van der Waals surface area contributed by atoms with Crippen molar-refractivity contribution in [1.29, 1.82) is 0 Å². The quantitative estimate of drug-likeness (QED) is 0.192. The van der Waals surface area contributed by atoms with Crippen LogP contribution in [0, 0.1) is 0 Å². The molecule has 3 nitrogen and oxygen atoms in total. The molecule has 230 valence electrons. The second-order valence-corrected chi connectivity index (χ2v) is 14.6. The summed E-state index contributed by atoms with van der Waals surface area (Å²) in [6.07, 6.45) is 3.13. The first-order valence-electron chi connectivity index (χ1n) is 16.6. The number of nitrogens with zero attached hydrogens (tertiary/aromatic N) is 2. The number of hydrogen-bond donors (Lipinski definition) is 0. The number of aliphatic imine (C=N–C) groups is 1. The van der Waals surface area contributed by atoms with Crippen molar-refractivity contribution in [3.63, 3.8) is 0 Å². The van der Waals surface area contributed by atoms with E-state index in [0.717, 1.165) is 40.0 Å². The fourth-order valence-corrected chi connectivity index (χ4v) is 9.05. The lowest BCUT2D eigenvalue weighted by Crippen LogP contribution is -2.33. The molecular formula is C44H32N2OS. The lowest BCUT2D eigenvalue weighted by Gasteiger charge is -2.27. The second kappa shape index (κ2) is 10.3. The van der Waals surface area contributed by atoms with Gasteiger partial charge in [-0.1, -0.05) is 92.7 Å². The van der Waals surface area contributed by atoms with Crippen LogP contribution >= 0.6 is 11.3 Å². The summed E-state index contributed by atoms with van der Waals surface area (Å²) in [5.74, 6) is 1.66. The normalized spacial score (nSPS) is 16.8. The number of thiophene rings is 1. The number of ether oxygens (including phenoxy) is 1. The van der Waals surface area contributed by atoms with E-state index < -0.39 is 0 Å². The molecule has 0 radical (unpaired) electrons. The molecule has 1 unspecified atom stereocenters. The number of rotatable bonds is 4. The van der Waals surface area contributed by atoms with Crippen LogP contribution in [-0.2, 0) is 10.2 Å². The third-order valence-corrected chi connectivity index (χ3v) is 11.5. The van der Waals surface area contributed by atoms with Crippen molar-refractivity contribution >= 4 is 66.3 Å². The van der Waals surface area contributed by atoms with E-state index in [1.54, 1.807) is 0 Å². The summed E-state index contributed by atoms with van der Waals surface area (Å²) in [6.45, 7) is 4.67. The van der Waals surface area contributed by atoms with Gasteiger partial charge < -0.3 is 9.64 Å². The topological polar surface area (TPSA) is 24.8 Å². The lowest BCUT2D eigenvalue weighted by molar-refractivity contribution is 0.501. The Labute approximate surface area is 283 Å². The van der Waals surface area contributed by atoms with E-state index in [1.165, 1.54) is 47.6 Å². The van der Waals surface area contributed by atoms with Crippen LogP contribution in [0.4, 0.5) is 17.1 Å². The zero-order chi connectivity index (χ0) is 32.0. The Balaban J connectivity index is 1.10. The van der Waals surface area contributed by atoms with Crippen molar-refractivity contribution in [1.82, 2.24) is 0 Å². The van der Waals surface area contributed by atoms with Crippen LogP contribution in [0.3, 0.4) is 0 Å². The van der Waals surface area contributed by atoms with Gasteiger partial charge in [-0.3, -0.25) is 0 Å². The molecule has 2 heterocycles. The van der Waals surface area contributed by atoms with Crippen molar-refractivity contribution in [2.75, 3.05) is 4.90 Å². The van der Waals surface area contributed by atoms with Crippen LogP contribution in [0.15, 0.2) is 138 Å². The van der Waals surface area contributed by atoms with Crippen LogP contribution in [0.5, 0.6) is 0 Å². The molecule has 4 heteroatoms. The molecule has 0 N–H and O–H groups in total. The minimum atomic E-state index is -0.0408. The molecule has 7 aromatic rings. The number of anilines is 3. The van der Waals surface area contributed by atoms with Gasteiger partial charge in [0.2, 0.25) is 5.90 Å². The highest BCUT2D eigenvalue weighted by Gasteiger charge is 2.35. The standard InChI is InChI=1S/C44H32N2OS/c1-44(2)37-13-7-5-11-33(37)35-25-30(20-22-38(35)44)46(31-21-24-41-36(26-31)34-12-6-8-14-40(34)48-41)29-18-15-28(16-19-29)43-45-39-23-17-27-9-3-4-10-32(27)42(39)47-43/h3-22,24-26,39H,23H2,1-2H3. The smallest absolute Gasteiger partial charge is 0.222 e. The monoisotopic (exact) mass is 636 g/mol. The zero-order valence-electron chi connectivity index (χ0n) is 26.8. The highest BCUT2D eigenvalue weighted by molar-refractivity contribution is 7.25. The number of fused-ring (bicyclic) bond motifs is 8. The van der Waals surface area contributed by atoms with Crippen LogP contribution in [-0.4, -0.2) is 11.9 Å². The fraction of sp³-hybridized carbons (Fsp3) is 0.114. The first kappa shape index (κ1) is 27.6. The van der Waals surface area contributed by atoms with Gasteiger partial charge in [-0.25, -0.2) is 4.99 Å². The lowest BCUT2D eigenvalue weighted by atomic mass is 9.82. The Bertz CT molecular complexity index is 2610. The second-order valence-electron chi connectivity index (χ2n) is 13.5. The number of benzene rings is 6. The van der Waals surface area contributed by atoms with E-state index in [9.17, 15) is 0 Å². The van der Waals surface area contributed by atoms with Gasteiger partial charge in [0.1, 0.15) is 11.8 Å². The van der Waals surface area contributed by atoms with Crippen molar-refractivity contribution in [2.24, 2.45) is 4.99 Å². The molecule has 48 heavy (non-hydrogen) atoms. The summed E-state index contributed by atoms with van der Waals surface area (Å²) in [5, 5.41) is 4.95.